The smallest absolute Gasteiger partial charge is 0.132 e. The van der Waals surface area contributed by atoms with Gasteiger partial charge in [-0.15, -0.1) is 0 Å². The van der Waals surface area contributed by atoms with E-state index in [1.54, 1.807) is 0 Å². The molecule has 0 heterocycles. The average molecular weight is 245 g/mol. The second-order valence-electron chi connectivity index (χ2n) is 5.89. The van der Waals surface area contributed by atoms with Crippen LogP contribution < -0.4 is 4.90 Å². The van der Waals surface area contributed by atoms with Crippen LogP contribution in [0.3, 0.4) is 0 Å². The van der Waals surface area contributed by atoms with Gasteiger partial charge in [0.2, 0.25) is 0 Å². The van der Waals surface area contributed by atoms with Gasteiger partial charge in [0, 0.05) is 25.3 Å². The average Bonchev–Trinajstić information content (AvgIpc) is 3.24. The molecule has 1 aromatic rings. The molecule has 0 aromatic heterocycles. The first-order valence-electron chi connectivity index (χ1n) is 7.14. The highest BCUT2D eigenvalue weighted by molar-refractivity contribution is 5.48. The summed E-state index contributed by atoms with van der Waals surface area (Å²) in [4.78, 5) is 2.49. The van der Waals surface area contributed by atoms with Crippen LogP contribution in [0.1, 0.15) is 31.2 Å². The fourth-order valence-electron chi connectivity index (χ4n) is 2.63. The molecule has 0 aliphatic heterocycles. The molecule has 2 heteroatoms. The van der Waals surface area contributed by atoms with Crippen LogP contribution in [-0.2, 0) is 4.74 Å². The maximum absolute atomic E-state index is 5.78. The molecule has 0 bridgehead atoms. The summed E-state index contributed by atoms with van der Waals surface area (Å²) < 4.78 is 5.78. The van der Waals surface area contributed by atoms with Crippen LogP contribution in [0.25, 0.3) is 0 Å². The van der Waals surface area contributed by atoms with E-state index in [9.17, 15) is 0 Å². The lowest BCUT2D eigenvalue weighted by Gasteiger charge is -2.33. The van der Waals surface area contributed by atoms with Gasteiger partial charge in [-0.1, -0.05) is 17.7 Å². The number of aryl methyl sites for hydroxylation is 1. The van der Waals surface area contributed by atoms with Crippen molar-refractivity contribution < 1.29 is 4.74 Å². The Morgan fingerprint density at radius 2 is 1.83 bits per heavy atom. The summed E-state index contributed by atoms with van der Waals surface area (Å²) in [6.45, 7) is 3.31. The van der Waals surface area contributed by atoms with E-state index in [1.165, 1.54) is 36.9 Å². The van der Waals surface area contributed by atoms with Gasteiger partial charge >= 0.3 is 0 Å². The van der Waals surface area contributed by atoms with Crippen LogP contribution >= 0.6 is 0 Å². The third kappa shape index (κ3) is 2.69. The third-order valence-corrected chi connectivity index (χ3v) is 4.09. The van der Waals surface area contributed by atoms with Crippen LogP contribution in [0, 0.1) is 18.8 Å². The van der Waals surface area contributed by atoms with Crippen molar-refractivity contribution in [3.63, 3.8) is 0 Å². The molecule has 2 nitrogen and oxygen atoms in total. The molecule has 2 fully saturated rings. The SMILES string of the molecule is COC(C1CC1)N(CC1CC1)c1ccc(C)cc1. The predicted octanol–water partition coefficient (Wildman–Crippen LogP) is 3.59. The molecule has 1 unspecified atom stereocenters. The van der Waals surface area contributed by atoms with Crippen molar-refractivity contribution in [3.8, 4) is 0 Å². The largest absolute Gasteiger partial charge is 0.361 e. The number of hydrogen-bond donors (Lipinski definition) is 0. The van der Waals surface area contributed by atoms with Gasteiger partial charge in [-0.3, -0.25) is 0 Å². The van der Waals surface area contributed by atoms with E-state index in [4.69, 9.17) is 4.74 Å². The van der Waals surface area contributed by atoms with Crippen LogP contribution in [0.4, 0.5) is 5.69 Å². The Labute approximate surface area is 110 Å². The normalized spacial score (nSPS) is 20.8. The molecule has 18 heavy (non-hydrogen) atoms. The first kappa shape index (κ1) is 12.0. The van der Waals surface area contributed by atoms with Gasteiger partial charge in [0.25, 0.3) is 0 Å². The summed E-state index contributed by atoms with van der Waals surface area (Å²) in [6.07, 6.45) is 5.72. The van der Waals surface area contributed by atoms with Crippen molar-refractivity contribution in [1.29, 1.82) is 0 Å². The van der Waals surface area contributed by atoms with Gasteiger partial charge in [-0.2, -0.15) is 0 Å². The van der Waals surface area contributed by atoms with E-state index in [1.807, 2.05) is 7.11 Å². The predicted molar refractivity (Wildman–Crippen MR) is 74.8 cm³/mol. The maximum atomic E-state index is 5.78. The van der Waals surface area contributed by atoms with Crippen LogP contribution in [0.2, 0.25) is 0 Å². The first-order chi connectivity index (χ1) is 8.78. The Bertz CT molecular complexity index is 392. The first-order valence-corrected chi connectivity index (χ1v) is 7.14. The van der Waals surface area contributed by atoms with Crippen molar-refractivity contribution in [1.82, 2.24) is 0 Å². The summed E-state index contributed by atoms with van der Waals surface area (Å²) >= 11 is 0. The molecule has 0 radical (unpaired) electrons. The van der Waals surface area contributed by atoms with Gasteiger partial charge in [0.15, 0.2) is 0 Å². The molecule has 1 aromatic carbocycles. The van der Waals surface area contributed by atoms with Crippen molar-refractivity contribution in [2.75, 3.05) is 18.6 Å². The lowest BCUT2D eigenvalue weighted by atomic mass is 10.2. The minimum Gasteiger partial charge on any atom is -0.361 e. The fourth-order valence-corrected chi connectivity index (χ4v) is 2.63. The second kappa shape index (κ2) is 4.93. The Hall–Kier alpha value is -1.02. The van der Waals surface area contributed by atoms with Crippen molar-refractivity contribution in [3.05, 3.63) is 29.8 Å². The Kier molecular flexibility index (Phi) is 3.29. The van der Waals surface area contributed by atoms with E-state index >= 15 is 0 Å². The Morgan fingerprint density at radius 3 is 2.33 bits per heavy atom. The third-order valence-electron chi connectivity index (χ3n) is 4.09. The maximum Gasteiger partial charge on any atom is 0.132 e. The zero-order valence-corrected chi connectivity index (χ0v) is 11.4. The lowest BCUT2D eigenvalue weighted by Crippen LogP contribution is -2.40. The zero-order valence-electron chi connectivity index (χ0n) is 11.4. The monoisotopic (exact) mass is 245 g/mol. The zero-order chi connectivity index (χ0) is 12.5. The summed E-state index contributed by atoms with van der Waals surface area (Å²) in [6, 6.07) is 8.89. The minimum absolute atomic E-state index is 0.285. The summed E-state index contributed by atoms with van der Waals surface area (Å²) in [5, 5.41) is 0. The Balaban J connectivity index is 1.80. The van der Waals surface area contributed by atoms with Crippen LogP contribution in [0.5, 0.6) is 0 Å². The van der Waals surface area contributed by atoms with Crippen LogP contribution in [0.15, 0.2) is 24.3 Å². The molecular formula is C16H23NO. The summed E-state index contributed by atoms with van der Waals surface area (Å²) in [5.41, 5.74) is 2.65. The molecule has 2 aliphatic rings. The number of nitrogens with zero attached hydrogens (tertiary/aromatic N) is 1. The Morgan fingerprint density at radius 1 is 1.17 bits per heavy atom. The number of ether oxygens (including phenoxy) is 1. The second-order valence-corrected chi connectivity index (χ2v) is 5.89. The molecule has 0 spiro atoms. The molecule has 0 saturated heterocycles. The van der Waals surface area contributed by atoms with Crippen molar-refractivity contribution in [2.24, 2.45) is 11.8 Å². The number of anilines is 1. The topological polar surface area (TPSA) is 12.5 Å². The highest BCUT2D eigenvalue weighted by atomic mass is 16.5. The van der Waals surface area contributed by atoms with Gasteiger partial charge in [-0.25, -0.2) is 0 Å². The van der Waals surface area contributed by atoms with Crippen molar-refractivity contribution in [2.45, 2.75) is 38.8 Å². The number of benzene rings is 1. The molecular weight excluding hydrogens is 222 g/mol. The fraction of sp³-hybridized carbons (Fsp3) is 0.625. The van der Waals surface area contributed by atoms with Gasteiger partial charge < -0.3 is 9.64 Å². The molecule has 98 valence electrons. The molecule has 0 N–H and O–H groups in total. The quantitative estimate of drug-likeness (QED) is 0.710. The molecule has 2 saturated carbocycles. The minimum atomic E-state index is 0.285. The van der Waals surface area contributed by atoms with E-state index in [0.29, 0.717) is 0 Å². The highest BCUT2D eigenvalue weighted by Gasteiger charge is 2.37. The standard InChI is InChI=1S/C16H23NO/c1-12-3-9-15(10-4-12)17(11-13-5-6-13)16(18-2)14-7-8-14/h3-4,9-10,13-14,16H,5-8,11H2,1-2H3. The molecule has 1 atom stereocenters. The number of methoxy groups -OCH3 is 1. The lowest BCUT2D eigenvalue weighted by molar-refractivity contribution is 0.0800. The summed E-state index contributed by atoms with van der Waals surface area (Å²) in [7, 11) is 1.86. The number of rotatable bonds is 6. The summed E-state index contributed by atoms with van der Waals surface area (Å²) in [5.74, 6) is 1.64. The van der Waals surface area contributed by atoms with Crippen LogP contribution in [-0.4, -0.2) is 19.9 Å². The van der Waals surface area contributed by atoms with E-state index in [2.05, 4.69) is 36.1 Å². The molecule has 3 rings (SSSR count). The van der Waals surface area contributed by atoms with Gasteiger partial charge in [0.05, 0.1) is 0 Å². The van der Waals surface area contributed by atoms with Crippen molar-refractivity contribution >= 4 is 5.69 Å². The molecule has 0 amide bonds. The highest BCUT2D eigenvalue weighted by Crippen LogP contribution is 2.40. The van der Waals surface area contributed by atoms with Gasteiger partial charge in [0.1, 0.15) is 6.23 Å². The number of hydrogen-bond acceptors (Lipinski definition) is 2. The van der Waals surface area contributed by atoms with E-state index in [0.717, 1.165) is 18.4 Å². The van der Waals surface area contributed by atoms with E-state index < -0.39 is 0 Å². The van der Waals surface area contributed by atoms with E-state index in [-0.39, 0.29) is 6.23 Å². The van der Waals surface area contributed by atoms with Gasteiger partial charge in [-0.05, 0) is 50.7 Å². The molecule has 2 aliphatic carbocycles.